The van der Waals surface area contributed by atoms with E-state index in [0.717, 1.165) is 6.39 Å². The average Bonchev–Trinajstić information content (AvgIpc) is 4.16. The number of carbonyl (C=O) groups excluding carboxylic acids is 2. The molecule has 1 aromatic carbocycles. The molecule has 6 heterocycles. The Balaban J connectivity index is 1.08. The molecule has 5 N–H and O–H groups in total. The van der Waals surface area contributed by atoms with Crippen LogP contribution >= 0.6 is 0 Å². The Labute approximate surface area is 450 Å². The van der Waals surface area contributed by atoms with E-state index in [0.29, 0.717) is 37.3 Å². The number of halogens is 1. The molecule has 4 aliphatic heterocycles. The van der Waals surface area contributed by atoms with Gasteiger partial charge in [-0.1, -0.05) is 31.1 Å². The molecule has 0 radical (unpaired) electrons. The Kier molecular flexibility index (Phi) is 19.3. The maximum Gasteiger partial charge on any atom is 0.414 e. The van der Waals surface area contributed by atoms with Crippen molar-refractivity contribution in [1.29, 1.82) is 0 Å². The Bertz CT molecular complexity index is 2420. The molecule has 3 aromatic rings. The van der Waals surface area contributed by atoms with Gasteiger partial charge in [-0.25, -0.2) is 13.9 Å². The summed E-state index contributed by atoms with van der Waals surface area (Å²) in [6.45, 7) is 18.5. The van der Waals surface area contributed by atoms with Gasteiger partial charge in [-0.3, -0.25) is 9.69 Å². The minimum Gasteiger partial charge on any atom is -0.459 e. The molecule has 0 aliphatic carbocycles. The number of rotatable bonds is 14. The van der Waals surface area contributed by atoms with Crippen LogP contribution < -0.4 is 4.90 Å². The SMILES string of the molecule is CC[C@H]1OC(=O)[C@H](C)[C@@H](O[C@H]2C[C@@](C)(OC)[C@@H](O)[C@H](C)O2)[C@H](C)[C@@H](O[C@@H]2O[C@H](C)C[C@H](N(C)CCc3cn(C[C@H]4CN(c5ccc(-c6ncon6)c(F)c5)C(=O)O4)nn3)[C@H]2O)[C@](C)(O)C[C@@H](C)CN(C)[C@H](C)[C@@H](O)[C@]1(C)O. The molecular weight excluding hydrogens is 1010 g/mol. The molecule has 0 saturated carbocycles. The number of nitrogens with zero attached hydrogens (tertiary/aromatic N) is 8. The van der Waals surface area contributed by atoms with Crippen LogP contribution in [0.4, 0.5) is 14.9 Å². The molecule has 4 aliphatic rings. The van der Waals surface area contributed by atoms with E-state index in [1.54, 1.807) is 65.4 Å². The number of anilines is 1. The van der Waals surface area contributed by atoms with Crippen molar-refractivity contribution in [2.45, 2.75) is 204 Å². The molecule has 4 saturated heterocycles. The zero-order valence-corrected chi connectivity index (χ0v) is 46.8. The average molecular weight is 1090 g/mol. The minimum atomic E-state index is -1.86. The van der Waals surface area contributed by atoms with Crippen LogP contribution in [-0.4, -0.2) is 210 Å². The van der Waals surface area contributed by atoms with E-state index in [1.807, 2.05) is 37.7 Å². The number of aliphatic hydroxyl groups excluding tert-OH is 3. The van der Waals surface area contributed by atoms with E-state index in [2.05, 4.69) is 20.5 Å². The molecular formula is C53H83FN8O15. The number of benzene rings is 1. The van der Waals surface area contributed by atoms with Crippen molar-refractivity contribution >= 4 is 17.7 Å². The number of aliphatic hydroxyl groups is 5. The van der Waals surface area contributed by atoms with Gasteiger partial charge in [0.25, 0.3) is 0 Å². The highest BCUT2D eigenvalue weighted by atomic mass is 19.1. The van der Waals surface area contributed by atoms with Crippen molar-refractivity contribution in [3.63, 3.8) is 0 Å². The van der Waals surface area contributed by atoms with E-state index in [4.69, 9.17) is 37.7 Å². The number of cyclic esters (lactones) is 2. The van der Waals surface area contributed by atoms with Crippen molar-refractivity contribution in [2.24, 2.45) is 17.8 Å². The van der Waals surface area contributed by atoms with Crippen LogP contribution in [0, 0.1) is 23.6 Å². The maximum absolute atomic E-state index is 15.0. The van der Waals surface area contributed by atoms with Gasteiger partial charge >= 0.3 is 12.1 Å². The summed E-state index contributed by atoms with van der Waals surface area (Å²) in [4.78, 5) is 36.5. The molecule has 7 rings (SSSR count). The lowest BCUT2D eigenvalue weighted by Gasteiger charge is -2.49. The van der Waals surface area contributed by atoms with Crippen LogP contribution in [0.5, 0.6) is 0 Å². The third-order valence-electron chi connectivity index (χ3n) is 16.5. The highest BCUT2D eigenvalue weighted by molar-refractivity contribution is 5.90. The first kappa shape index (κ1) is 60.3. The number of methoxy groups -OCH3 is 1. The maximum atomic E-state index is 15.0. The lowest BCUT2D eigenvalue weighted by atomic mass is 9.77. The summed E-state index contributed by atoms with van der Waals surface area (Å²) >= 11 is 0. The molecule has 77 heavy (non-hydrogen) atoms. The Morgan fingerprint density at radius 3 is 2.35 bits per heavy atom. The second-order valence-electron chi connectivity index (χ2n) is 22.9. The van der Waals surface area contributed by atoms with Gasteiger partial charge in [-0.15, -0.1) is 5.10 Å². The fourth-order valence-corrected chi connectivity index (χ4v) is 11.8. The quantitative estimate of drug-likeness (QED) is 0.145. The predicted molar refractivity (Wildman–Crippen MR) is 274 cm³/mol. The number of likely N-dealkylation sites (N-methyl/N-ethyl adjacent to an activating group) is 2. The molecule has 2 aromatic heterocycles. The molecule has 0 unspecified atom stereocenters. The van der Waals surface area contributed by atoms with E-state index >= 15 is 4.39 Å². The van der Waals surface area contributed by atoms with Gasteiger partial charge in [-0.2, -0.15) is 4.98 Å². The summed E-state index contributed by atoms with van der Waals surface area (Å²) in [7, 11) is 5.19. The summed E-state index contributed by atoms with van der Waals surface area (Å²) in [5.41, 5.74) is -3.54. The summed E-state index contributed by atoms with van der Waals surface area (Å²) in [6.07, 6.45) is -7.50. The van der Waals surface area contributed by atoms with Crippen LogP contribution in [0.3, 0.4) is 0 Å². The van der Waals surface area contributed by atoms with Gasteiger partial charge in [-0.05, 0) is 106 Å². The normalized spacial score (nSPS) is 39.3. The monoisotopic (exact) mass is 1090 g/mol. The molecule has 1 amide bonds. The standard InChI is InChI=1S/C53H83FN8O15/c1-14-40-53(10,69)44(64)32(6)60(12)23-28(2)21-51(8,68)46(30(4)43(31(5)48(66)75-40)76-41-22-52(9,70-13)45(65)33(7)73-41)77-49-42(63)39(19-29(3)72-49)59(11)18-17-34-24-61(58-56-34)25-36-26-62(50(67)74-36)35-15-16-37(38(54)20-35)47-55-27-71-57-47/h15-16,20,24,27-33,36,39-46,49,63-65,68-69H,14,17-19,21-23,25-26H2,1-13H3/t28-,29-,30+,31-,32-,33+,36+,39+,40-,41+,42-,43+,44-,45+,46-,49+,51-,52-,53-/m1/s1. The van der Waals surface area contributed by atoms with E-state index in [9.17, 15) is 35.1 Å². The van der Waals surface area contributed by atoms with Gasteiger partial charge < -0.3 is 73.0 Å². The van der Waals surface area contributed by atoms with Crippen LogP contribution in [0.1, 0.15) is 101 Å². The Morgan fingerprint density at radius 2 is 1.69 bits per heavy atom. The fraction of sp³-hybridized carbons (Fsp3) is 0.774. The minimum absolute atomic E-state index is 0.0764. The van der Waals surface area contributed by atoms with Crippen molar-refractivity contribution in [3.05, 3.63) is 42.3 Å². The highest BCUT2D eigenvalue weighted by Gasteiger charge is 2.53. The summed E-state index contributed by atoms with van der Waals surface area (Å²) < 4.78 is 65.2. The van der Waals surface area contributed by atoms with E-state index < -0.39 is 126 Å². The summed E-state index contributed by atoms with van der Waals surface area (Å²) in [6, 6.07) is 3.17. The van der Waals surface area contributed by atoms with E-state index in [-0.39, 0.29) is 49.7 Å². The molecule has 0 bridgehead atoms. The number of carbonyl (C=O) groups is 2. The third-order valence-corrected chi connectivity index (χ3v) is 16.5. The number of esters is 1. The molecule has 0 spiro atoms. The summed E-state index contributed by atoms with van der Waals surface area (Å²) in [5, 5.41) is 72.1. The first-order valence-electron chi connectivity index (χ1n) is 26.9. The van der Waals surface area contributed by atoms with Crippen molar-refractivity contribution < 1.29 is 77.2 Å². The summed E-state index contributed by atoms with van der Waals surface area (Å²) in [5.74, 6) is -3.45. The first-order chi connectivity index (χ1) is 36.2. The van der Waals surface area contributed by atoms with Gasteiger partial charge in [0.05, 0.1) is 71.6 Å². The Morgan fingerprint density at radius 1 is 0.961 bits per heavy atom. The zero-order valence-electron chi connectivity index (χ0n) is 46.8. The third kappa shape index (κ3) is 13.5. The lowest BCUT2D eigenvalue weighted by molar-refractivity contribution is -0.318. The zero-order chi connectivity index (χ0) is 56.5. The van der Waals surface area contributed by atoms with Gasteiger partial charge in [0.1, 0.15) is 41.9 Å². The first-order valence-corrected chi connectivity index (χ1v) is 26.9. The highest BCUT2D eigenvalue weighted by Crippen LogP contribution is 2.41. The van der Waals surface area contributed by atoms with Gasteiger partial charge in [0, 0.05) is 57.2 Å². The topological polar surface area (TPSA) is 279 Å². The molecule has 432 valence electrons. The van der Waals surface area contributed by atoms with Crippen LogP contribution in [0.25, 0.3) is 11.4 Å². The lowest BCUT2D eigenvalue weighted by Crippen LogP contribution is -2.61. The fourth-order valence-electron chi connectivity index (χ4n) is 11.8. The second kappa shape index (κ2) is 24.6. The van der Waals surface area contributed by atoms with Crippen molar-refractivity contribution in [3.8, 4) is 11.4 Å². The van der Waals surface area contributed by atoms with Crippen LogP contribution in [0.15, 0.2) is 35.3 Å². The van der Waals surface area contributed by atoms with Gasteiger partial charge in [0.2, 0.25) is 12.2 Å². The molecule has 4 fully saturated rings. The van der Waals surface area contributed by atoms with Crippen molar-refractivity contribution in [2.75, 3.05) is 45.7 Å². The van der Waals surface area contributed by atoms with Crippen molar-refractivity contribution in [1.82, 2.24) is 34.9 Å². The molecule has 24 heteroatoms. The number of aromatic nitrogens is 5. The van der Waals surface area contributed by atoms with Gasteiger partial charge in [0.15, 0.2) is 12.6 Å². The number of hydrogen-bond donors (Lipinski definition) is 5. The largest absolute Gasteiger partial charge is 0.459 e. The van der Waals surface area contributed by atoms with Crippen LogP contribution in [-0.2, 0) is 50.9 Å². The number of hydrogen-bond acceptors (Lipinski definition) is 21. The predicted octanol–water partition coefficient (Wildman–Crippen LogP) is 3.32. The number of ether oxygens (including phenoxy) is 7. The molecule has 19 atom stereocenters. The molecule has 23 nitrogen and oxygen atoms in total. The van der Waals surface area contributed by atoms with E-state index in [1.165, 1.54) is 31.1 Å². The smallest absolute Gasteiger partial charge is 0.414 e. The Hall–Kier alpha value is -4.31. The number of amides is 1. The second-order valence-corrected chi connectivity index (χ2v) is 22.9. The van der Waals surface area contributed by atoms with Crippen LogP contribution in [0.2, 0.25) is 0 Å².